The fourth-order valence-corrected chi connectivity index (χ4v) is 4.07. The third kappa shape index (κ3) is 2.72. The summed E-state index contributed by atoms with van der Waals surface area (Å²) in [5.41, 5.74) is 1.24. The van der Waals surface area contributed by atoms with Gasteiger partial charge in [0.15, 0.2) is 0 Å². The predicted octanol–water partition coefficient (Wildman–Crippen LogP) is 3.00. The number of thiophene rings is 1. The molecule has 6 heteroatoms. The Bertz CT molecular complexity index is 683. The van der Waals surface area contributed by atoms with E-state index < -0.39 is 5.97 Å². The van der Waals surface area contributed by atoms with Gasteiger partial charge in [-0.2, -0.15) is 0 Å². The molecule has 0 bridgehead atoms. The molecule has 0 aliphatic carbocycles. The summed E-state index contributed by atoms with van der Waals surface area (Å²) >= 11 is 1.70. The van der Waals surface area contributed by atoms with Gasteiger partial charge in [0.25, 0.3) is 0 Å². The highest BCUT2D eigenvalue weighted by atomic mass is 32.1. The van der Waals surface area contributed by atoms with Gasteiger partial charge >= 0.3 is 5.97 Å². The van der Waals surface area contributed by atoms with Crippen LogP contribution in [0.15, 0.2) is 6.33 Å². The molecule has 1 unspecified atom stereocenters. The highest BCUT2D eigenvalue weighted by Crippen LogP contribution is 2.35. The summed E-state index contributed by atoms with van der Waals surface area (Å²) in [6.07, 6.45) is 3.87. The van der Waals surface area contributed by atoms with Crippen molar-refractivity contribution in [2.75, 3.05) is 18.0 Å². The first kappa shape index (κ1) is 14.3. The van der Waals surface area contributed by atoms with Crippen LogP contribution in [0.4, 0.5) is 5.82 Å². The van der Waals surface area contributed by atoms with Gasteiger partial charge < -0.3 is 10.0 Å². The van der Waals surface area contributed by atoms with Crippen molar-refractivity contribution in [2.24, 2.45) is 5.92 Å². The molecule has 1 aliphatic rings. The van der Waals surface area contributed by atoms with Crippen molar-refractivity contribution < 1.29 is 9.90 Å². The van der Waals surface area contributed by atoms with E-state index in [4.69, 9.17) is 5.11 Å². The molecule has 0 radical (unpaired) electrons. The highest BCUT2D eigenvalue weighted by Gasteiger charge is 2.25. The predicted molar refractivity (Wildman–Crippen MR) is 84.1 cm³/mol. The number of carboxylic acid groups (broad SMARTS) is 1. The molecule has 1 saturated heterocycles. The fraction of sp³-hybridized carbons (Fsp3) is 0.533. The number of anilines is 1. The normalized spacial score (nSPS) is 19.1. The first-order valence-electron chi connectivity index (χ1n) is 7.23. The molecule has 21 heavy (non-hydrogen) atoms. The van der Waals surface area contributed by atoms with Gasteiger partial charge in [-0.25, -0.2) is 9.97 Å². The molecule has 0 aromatic carbocycles. The number of piperidine rings is 1. The van der Waals surface area contributed by atoms with Crippen molar-refractivity contribution in [1.29, 1.82) is 0 Å². The lowest BCUT2D eigenvalue weighted by atomic mass is 9.94. The minimum Gasteiger partial charge on any atom is -0.481 e. The molecule has 5 nitrogen and oxygen atoms in total. The van der Waals surface area contributed by atoms with Crippen molar-refractivity contribution >= 4 is 33.3 Å². The van der Waals surface area contributed by atoms with Crippen LogP contribution in [0.2, 0.25) is 0 Å². The zero-order valence-corrected chi connectivity index (χ0v) is 13.1. The molecule has 1 fully saturated rings. The maximum absolute atomic E-state index is 10.9. The summed E-state index contributed by atoms with van der Waals surface area (Å²) in [6, 6.07) is 0. The van der Waals surface area contributed by atoms with E-state index in [2.05, 4.69) is 28.7 Å². The standard InChI is InChI=1S/C15H19N3O2S/c1-9-10(2)21-15-13(9)14(16-8-17-15)18-5-3-4-11(7-18)6-12(19)20/h8,11H,3-7H2,1-2H3,(H,19,20). The lowest BCUT2D eigenvalue weighted by Gasteiger charge is -2.33. The SMILES string of the molecule is Cc1sc2ncnc(N3CCCC(CC(=O)O)C3)c2c1C. The van der Waals surface area contributed by atoms with Crippen LogP contribution in [0.3, 0.4) is 0 Å². The van der Waals surface area contributed by atoms with Crippen LogP contribution in [0, 0.1) is 19.8 Å². The number of carboxylic acids is 1. The zero-order chi connectivity index (χ0) is 15.0. The van der Waals surface area contributed by atoms with Crippen LogP contribution in [0.25, 0.3) is 10.2 Å². The van der Waals surface area contributed by atoms with E-state index in [0.717, 1.165) is 42.0 Å². The van der Waals surface area contributed by atoms with Gasteiger partial charge in [0, 0.05) is 24.4 Å². The molecule has 0 spiro atoms. The summed E-state index contributed by atoms with van der Waals surface area (Å²) in [6.45, 7) is 5.93. The average Bonchev–Trinajstić information content (AvgIpc) is 2.74. The Morgan fingerprint density at radius 3 is 3.05 bits per heavy atom. The zero-order valence-electron chi connectivity index (χ0n) is 12.3. The molecule has 3 rings (SSSR count). The monoisotopic (exact) mass is 305 g/mol. The third-order valence-corrected chi connectivity index (χ3v) is 5.34. The Labute approximate surface area is 127 Å². The van der Waals surface area contributed by atoms with E-state index in [1.54, 1.807) is 17.7 Å². The fourth-order valence-electron chi connectivity index (χ4n) is 3.07. The molecule has 1 N–H and O–H groups in total. The van der Waals surface area contributed by atoms with Crippen LogP contribution in [0.5, 0.6) is 0 Å². The van der Waals surface area contributed by atoms with Crippen molar-refractivity contribution in [3.05, 3.63) is 16.8 Å². The Morgan fingerprint density at radius 2 is 2.29 bits per heavy atom. The molecule has 1 atom stereocenters. The number of nitrogens with zero attached hydrogens (tertiary/aromatic N) is 3. The first-order valence-corrected chi connectivity index (χ1v) is 8.05. The summed E-state index contributed by atoms with van der Waals surface area (Å²) in [7, 11) is 0. The number of hydrogen-bond acceptors (Lipinski definition) is 5. The maximum atomic E-state index is 10.9. The molecule has 2 aromatic heterocycles. The number of fused-ring (bicyclic) bond motifs is 1. The Kier molecular flexibility index (Phi) is 3.80. The largest absolute Gasteiger partial charge is 0.481 e. The van der Waals surface area contributed by atoms with Crippen molar-refractivity contribution in [3.8, 4) is 0 Å². The first-order chi connectivity index (χ1) is 10.1. The lowest BCUT2D eigenvalue weighted by molar-refractivity contribution is -0.138. The molecule has 112 valence electrons. The van der Waals surface area contributed by atoms with Gasteiger partial charge in [-0.1, -0.05) is 0 Å². The molecular weight excluding hydrogens is 286 g/mol. The minimum absolute atomic E-state index is 0.210. The van der Waals surface area contributed by atoms with Crippen LogP contribution in [0.1, 0.15) is 29.7 Å². The Morgan fingerprint density at radius 1 is 1.48 bits per heavy atom. The number of aromatic nitrogens is 2. The van der Waals surface area contributed by atoms with Crippen molar-refractivity contribution in [3.63, 3.8) is 0 Å². The van der Waals surface area contributed by atoms with Crippen LogP contribution >= 0.6 is 11.3 Å². The van der Waals surface area contributed by atoms with E-state index in [1.807, 2.05) is 0 Å². The van der Waals surface area contributed by atoms with Gasteiger partial charge in [0.2, 0.25) is 0 Å². The van der Waals surface area contributed by atoms with E-state index in [9.17, 15) is 4.79 Å². The van der Waals surface area contributed by atoms with E-state index in [1.165, 1.54) is 10.4 Å². The molecule has 1 aliphatic heterocycles. The summed E-state index contributed by atoms with van der Waals surface area (Å²) in [4.78, 5) is 24.3. The van der Waals surface area contributed by atoms with Gasteiger partial charge in [-0.15, -0.1) is 11.3 Å². The second-order valence-electron chi connectivity index (χ2n) is 5.71. The number of hydrogen-bond donors (Lipinski definition) is 1. The van der Waals surface area contributed by atoms with Crippen molar-refractivity contribution in [1.82, 2.24) is 9.97 Å². The molecular formula is C15H19N3O2S. The topological polar surface area (TPSA) is 66.3 Å². The van der Waals surface area contributed by atoms with Gasteiger partial charge in [0.05, 0.1) is 5.39 Å². The summed E-state index contributed by atoms with van der Waals surface area (Å²) < 4.78 is 0. The Balaban J connectivity index is 1.94. The van der Waals surface area contributed by atoms with Gasteiger partial charge in [0.1, 0.15) is 17.0 Å². The third-order valence-electron chi connectivity index (χ3n) is 4.23. The lowest BCUT2D eigenvalue weighted by Crippen LogP contribution is -2.37. The summed E-state index contributed by atoms with van der Waals surface area (Å²) in [5.74, 6) is 0.468. The maximum Gasteiger partial charge on any atom is 0.303 e. The van der Waals surface area contributed by atoms with Gasteiger partial charge in [-0.3, -0.25) is 4.79 Å². The van der Waals surface area contributed by atoms with Crippen LogP contribution in [-0.2, 0) is 4.79 Å². The molecule has 2 aromatic rings. The quantitative estimate of drug-likeness (QED) is 0.944. The average molecular weight is 305 g/mol. The van der Waals surface area contributed by atoms with Crippen molar-refractivity contribution in [2.45, 2.75) is 33.1 Å². The van der Waals surface area contributed by atoms with Crippen LogP contribution in [-0.4, -0.2) is 34.1 Å². The number of rotatable bonds is 3. The molecule has 3 heterocycles. The molecule has 0 saturated carbocycles. The van der Waals surface area contributed by atoms with Crippen LogP contribution < -0.4 is 4.90 Å². The number of aryl methyl sites for hydroxylation is 2. The van der Waals surface area contributed by atoms with E-state index >= 15 is 0 Å². The Hall–Kier alpha value is -1.69. The second kappa shape index (κ2) is 5.60. The van der Waals surface area contributed by atoms with Gasteiger partial charge in [-0.05, 0) is 38.2 Å². The number of aliphatic carboxylic acids is 1. The highest BCUT2D eigenvalue weighted by molar-refractivity contribution is 7.18. The van der Waals surface area contributed by atoms with E-state index in [0.29, 0.717) is 0 Å². The summed E-state index contributed by atoms with van der Waals surface area (Å²) in [5, 5.41) is 10.1. The molecule has 0 amide bonds. The smallest absolute Gasteiger partial charge is 0.303 e. The minimum atomic E-state index is -0.711. The van der Waals surface area contributed by atoms with E-state index in [-0.39, 0.29) is 12.3 Å². The second-order valence-corrected chi connectivity index (χ2v) is 6.92. The number of carbonyl (C=O) groups is 1.